The summed E-state index contributed by atoms with van der Waals surface area (Å²) in [6.45, 7) is 8.04. The van der Waals surface area contributed by atoms with Gasteiger partial charge in [0.2, 0.25) is 0 Å². The molecule has 21 heavy (non-hydrogen) atoms. The van der Waals surface area contributed by atoms with Gasteiger partial charge in [0, 0.05) is 15.4 Å². The van der Waals surface area contributed by atoms with Crippen molar-refractivity contribution in [2.75, 3.05) is 6.54 Å². The number of hydrogen-bond acceptors (Lipinski definition) is 2. The first-order valence-corrected chi connectivity index (χ1v) is 10.2. The summed E-state index contributed by atoms with van der Waals surface area (Å²) in [6.07, 6.45) is 8.32. The molecule has 2 rings (SSSR count). The summed E-state index contributed by atoms with van der Waals surface area (Å²) in [5, 5.41) is 5.89. The Morgan fingerprint density at radius 2 is 2.14 bits per heavy atom. The van der Waals surface area contributed by atoms with Crippen molar-refractivity contribution in [2.24, 2.45) is 17.8 Å². The van der Waals surface area contributed by atoms with Crippen LogP contribution in [0.25, 0.3) is 0 Å². The molecule has 1 aliphatic carbocycles. The smallest absolute Gasteiger partial charge is 0.0314 e. The molecule has 1 fully saturated rings. The Labute approximate surface area is 143 Å². The Morgan fingerprint density at radius 1 is 1.33 bits per heavy atom. The van der Waals surface area contributed by atoms with Crippen LogP contribution in [0.2, 0.25) is 0 Å². The van der Waals surface area contributed by atoms with E-state index >= 15 is 0 Å². The zero-order chi connectivity index (χ0) is 15.2. The van der Waals surface area contributed by atoms with Crippen LogP contribution in [0.4, 0.5) is 0 Å². The Balaban J connectivity index is 1.99. The minimum Gasteiger partial charge on any atom is -0.314 e. The minimum absolute atomic E-state index is 0.604. The molecule has 1 heterocycles. The molecule has 1 aromatic rings. The van der Waals surface area contributed by atoms with Gasteiger partial charge in [-0.2, -0.15) is 0 Å². The SMILES string of the molecule is CCCC1CCC(CNC(C)C)C(Cc2sccc2Br)C1. The van der Waals surface area contributed by atoms with Gasteiger partial charge < -0.3 is 5.32 Å². The van der Waals surface area contributed by atoms with Gasteiger partial charge in [0.05, 0.1) is 0 Å². The molecule has 1 nitrogen and oxygen atoms in total. The normalized spacial score (nSPS) is 26.4. The number of halogens is 1. The van der Waals surface area contributed by atoms with Crippen LogP contribution in [0.5, 0.6) is 0 Å². The molecule has 0 radical (unpaired) electrons. The zero-order valence-electron chi connectivity index (χ0n) is 13.7. The molecule has 120 valence electrons. The maximum Gasteiger partial charge on any atom is 0.0314 e. The topological polar surface area (TPSA) is 12.0 Å². The standard InChI is InChI=1S/C18H30BrNS/c1-4-5-14-6-7-15(12-20-13(2)3)16(10-14)11-18-17(19)8-9-21-18/h8-9,13-16,20H,4-7,10-12H2,1-3H3. The monoisotopic (exact) mass is 371 g/mol. The average Bonchev–Trinajstić information content (AvgIpc) is 2.84. The van der Waals surface area contributed by atoms with E-state index in [9.17, 15) is 0 Å². The van der Waals surface area contributed by atoms with Crippen molar-refractivity contribution < 1.29 is 0 Å². The first-order chi connectivity index (χ1) is 10.1. The van der Waals surface area contributed by atoms with Crippen LogP contribution in [0.3, 0.4) is 0 Å². The summed E-state index contributed by atoms with van der Waals surface area (Å²) in [4.78, 5) is 1.55. The van der Waals surface area contributed by atoms with E-state index in [4.69, 9.17) is 0 Å². The second kappa shape index (κ2) is 8.69. The van der Waals surface area contributed by atoms with Crippen molar-refractivity contribution in [3.05, 3.63) is 20.8 Å². The summed E-state index contributed by atoms with van der Waals surface area (Å²) in [5.74, 6) is 2.68. The van der Waals surface area contributed by atoms with Gasteiger partial charge in [-0.15, -0.1) is 11.3 Å². The van der Waals surface area contributed by atoms with Crippen molar-refractivity contribution in [1.82, 2.24) is 5.32 Å². The molecule has 0 bridgehead atoms. The summed E-state index contributed by atoms with van der Waals surface area (Å²) < 4.78 is 1.32. The number of hydrogen-bond donors (Lipinski definition) is 1. The van der Waals surface area contributed by atoms with E-state index in [1.54, 1.807) is 4.88 Å². The summed E-state index contributed by atoms with van der Waals surface area (Å²) in [6, 6.07) is 2.81. The molecular weight excluding hydrogens is 342 g/mol. The Morgan fingerprint density at radius 3 is 2.76 bits per heavy atom. The van der Waals surface area contributed by atoms with Crippen LogP contribution >= 0.6 is 27.3 Å². The second-order valence-corrected chi connectivity index (χ2v) is 8.80. The first-order valence-electron chi connectivity index (χ1n) is 8.55. The van der Waals surface area contributed by atoms with Crippen molar-refractivity contribution in [2.45, 2.75) is 65.3 Å². The highest BCUT2D eigenvalue weighted by molar-refractivity contribution is 9.10. The first kappa shape index (κ1) is 17.5. The van der Waals surface area contributed by atoms with Gasteiger partial charge in [-0.05, 0) is 70.9 Å². The molecule has 0 amide bonds. The summed E-state index contributed by atoms with van der Waals surface area (Å²) in [5.41, 5.74) is 0. The maximum absolute atomic E-state index is 3.72. The van der Waals surface area contributed by atoms with Crippen LogP contribution < -0.4 is 5.32 Å². The molecule has 0 spiro atoms. The van der Waals surface area contributed by atoms with Crippen LogP contribution in [-0.2, 0) is 6.42 Å². The fourth-order valence-corrected chi connectivity index (χ4v) is 5.32. The van der Waals surface area contributed by atoms with E-state index in [0.29, 0.717) is 6.04 Å². The van der Waals surface area contributed by atoms with Gasteiger partial charge in [0.15, 0.2) is 0 Å². The fraction of sp³-hybridized carbons (Fsp3) is 0.778. The van der Waals surface area contributed by atoms with E-state index in [-0.39, 0.29) is 0 Å². The zero-order valence-corrected chi connectivity index (χ0v) is 16.1. The third-order valence-corrected chi connectivity index (χ3v) is 6.82. The molecule has 0 aromatic carbocycles. The number of nitrogens with one attached hydrogen (secondary N) is 1. The Hall–Kier alpha value is 0.140. The predicted octanol–water partition coefficient (Wildman–Crippen LogP) is 5.88. The van der Waals surface area contributed by atoms with E-state index in [1.807, 2.05) is 11.3 Å². The summed E-state index contributed by atoms with van der Waals surface area (Å²) >= 11 is 5.63. The molecule has 3 heteroatoms. The van der Waals surface area contributed by atoms with Gasteiger partial charge in [-0.1, -0.05) is 40.0 Å². The molecule has 1 N–H and O–H groups in total. The number of rotatable bonds is 7. The van der Waals surface area contributed by atoms with Gasteiger partial charge in [0.1, 0.15) is 0 Å². The lowest BCUT2D eigenvalue weighted by Gasteiger charge is -2.37. The molecule has 3 atom stereocenters. The lowest BCUT2D eigenvalue weighted by atomic mass is 9.71. The highest BCUT2D eigenvalue weighted by Gasteiger charge is 2.30. The van der Waals surface area contributed by atoms with Gasteiger partial charge >= 0.3 is 0 Å². The predicted molar refractivity (Wildman–Crippen MR) is 98.1 cm³/mol. The molecule has 0 aliphatic heterocycles. The van der Waals surface area contributed by atoms with Crippen molar-refractivity contribution in [3.63, 3.8) is 0 Å². The van der Waals surface area contributed by atoms with Crippen LogP contribution in [0.1, 0.15) is 57.8 Å². The lowest BCUT2D eigenvalue weighted by molar-refractivity contribution is 0.166. The van der Waals surface area contributed by atoms with Crippen molar-refractivity contribution in [1.29, 1.82) is 0 Å². The van der Waals surface area contributed by atoms with Crippen molar-refractivity contribution in [3.8, 4) is 0 Å². The Bertz CT molecular complexity index is 415. The van der Waals surface area contributed by atoms with Crippen molar-refractivity contribution >= 4 is 27.3 Å². The minimum atomic E-state index is 0.604. The van der Waals surface area contributed by atoms with E-state index in [2.05, 4.69) is 53.5 Å². The lowest BCUT2D eigenvalue weighted by Crippen LogP contribution is -2.36. The second-order valence-electron chi connectivity index (χ2n) is 6.95. The third kappa shape index (κ3) is 5.37. The molecule has 0 saturated heterocycles. The molecule has 1 aliphatic rings. The Kier molecular flexibility index (Phi) is 7.24. The van der Waals surface area contributed by atoms with Gasteiger partial charge in [-0.3, -0.25) is 0 Å². The molecular formula is C18H30BrNS. The van der Waals surface area contributed by atoms with Gasteiger partial charge in [-0.25, -0.2) is 0 Å². The van der Waals surface area contributed by atoms with Gasteiger partial charge in [0.25, 0.3) is 0 Å². The van der Waals surface area contributed by atoms with E-state index in [0.717, 1.165) is 17.8 Å². The molecule has 1 aromatic heterocycles. The van der Waals surface area contributed by atoms with Crippen LogP contribution in [0, 0.1) is 17.8 Å². The average molecular weight is 372 g/mol. The summed E-state index contributed by atoms with van der Waals surface area (Å²) in [7, 11) is 0. The third-order valence-electron chi connectivity index (χ3n) is 4.87. The fourth-order valence-electron chi connectivity index (χ4n) is 3.71. The van der Waals surface area contributed by atoms with Crippen LogP contribution in [-0.4, -0.2) is 12.6 Å². The molecule has 1 saturated carbocycles. The largest absolute Gasteiger partial charge is 0.314 e. The number of thiophene rings is 1. The van der Waals surface area contributed by atoms with E-state index < -0.39 is 0 Å². The van der Waals surface area contributed by atoms with E-state index in [1.165, 1.54) is 49.5 Å². The quantitative estimate of drug-likeness (QED) is 0.630. The maximum atomic E-state index is 3.72. The highest BCUT2D eigenvalue weighted by Crippen LogP contribution is 2.39. The molecule has 3 unspecified atom stereocenters. The van der Waals surface area contributed by atoms with Crippen LogP contribution in [0.15, 0.2) is 15.9 Å². The highest BCUT2D eigenvalue weighted by atomic mass is 79.9.